The molecule has 1 aromatic heterocycles. The molecule has 0 bridgehead atoms. The SMILES string of the molecule is O=CCNC(=O)c1ccnc2c1=CCCC=2. The number of hydrogen-bond acceptors (Lipinski definition) is 3. The van der Waals surface area contributed by atoms with Crippen molar-refractivity contribution in [1.82, 2.24) is 10.3 Å². The number of aromatic nitrogens is 1. The van der Waals surface area contributed by atoms with Crippen LogP contribution in [-0.2, 0) is 4.79 Å². The molecule has 0 saturated heterocycles. The number of nitrogens with one attached hydrogen (secondary N) is 1. The van der Waals surface area contributed by atoms with Crippen molar-refractivity contribution in [3.05, 3.63) is 28.4 Å². The van der Waals surface area contributed by atoms with E-state index in [9.17, 15) is 9.59 Å². The maximum absolute atomic E-state index is 11.7. The molecular formula is C12H12N2O2. The van der Waals surface area contributed by atoms with Gasteiger partial charge in [0.1, 0.15) is 6.29 Å². The first-order chi connectivity index (χ1) is 7.83. The van der Waals surface area contributed by atoms with Crippen LogP contribution in [0.15, 0.2) is 12.3 Å². The zero-order chi connectivity index (χ0) is 11.4. The summed E-state index contributed by atoms with van der Waals surface area (Å²) in [6.07, 6.45) is 8.20. The minimum absolute atomic E-state index is 0.0413. The van der Waals surface area contributed by atoms with Crippen LogP contribution in [-0.4, -0.2) is 23.7 Å². The van der Waals surface area contributed by atoms with Gasteiger partial charge < -0.3 is 10.1 Å². The van der Waals surface area contributed by atoms with Gasteiger partial charge in [-0.05, 0) is 18.9 Å². The van der Waals surface area contributed by atoms with Crippen LogP contribution in [0.2, 0.25) is 0 Å². The Hall–Kier alpha value is -1.97. The summed E-state index contributed by atoms with van der Waals surface area (Å²) in [7, 11) is 0. The molecule has 1 amide bonds. The molecule has 2 rings (SSSR count). The Bertz CT molecular complexity index is 534. The van der Waals surface area contributed by atoms with E-state index in [0.717, 1.165) is 23.4 Å². The molecule has 0 spiro atoms. The molecule has 16 heavy (non-hydrogen) atoms. The molecule has 1 aliphatic rings. The number of amides is 1. The second-order valence-electron chi connectivity index (χ2n) is 3.52. The highest BCUT2D eigenvalue weighted by atomic mass is 16.2. The minimum Gasteiger partial charge on any atom is -0.345 e. The minimum atomic E-state index is -0.225. The summed E-state index contributed by atoms with van der Waals surface area (Å²) in [6.45, 7) is 0.0413. The van der Waals surface area contributed by atoms with Crippen LogP contribution in [0.5, 0.6) is 0 Å². The number of aldehydes is 1. The van der Waals surface area contributed by atoms with Crippen molar-refractivity contribution in [2.45, 2.75) is 12.8 Å². The zero-order valence-corrected chi connectivity index (χ0v) is 8.77. The van der Waals surface area contributed by atoms with Gasteiger partial charge in [-0.3, -0.25) is 9.78 Å². The van der Waals surface area contributed by atoms with Crippen LogP contribution in [0.1, 0.15) is 23.2 Å². The fourth-order valence-electron chi connectivity index (χ4n) is 1.74. The number of hydrogen-bond donors (Lipinski definition) is 1. The molecule has 0 saturated carbocycles. The highest BCUT2D eigenvalue weighted by Gasteiger charge is 2.08. The van der Waals surface area contributed by atoms with Gasteiger partial charge in [0.2, 0.25) is 0 Å². The number of nitrogens with zero attached hydrogens (tertiary/aromatic N) is 1. The summed E-state index contributed by atoms with van der Waals surface area (Å²) < 4.78 is 0. The molecule has 0 fully saturated rings. The third kappa shape index (κ3) is 2.00. The van der Waals surface area contributed by atoms with E-state index in [1.807, 2.05) is 12.2 Å². The highest BCUT2D eigenvalue weighted by Crippen LogP contribution is 1.96. The second kappa shape index (κ2) is 4.70. The van der Waals surface area contributed by atoms with Gasteiger partial charge in [0.05, 0.1) is 11.9 Å². The van der Waals surface area contributed by atoms with Crippen LogP contribution in [0.4, 0.5) is 0 Å². The van der Waals surface area contributed by atoms with Gasteiger partial charge in [-0.1, -0.05) is 12.2 Å². The number of fused-ring (bicyclic) bond motifs is 1. The van der Waals surface area contributed by atoms with Gasteiger partial charge in [-0.15, -0.1) is 0 Å². The molecule has 0 atom stereocenters. The third-order valence-electron chi connectivity index (χ3n) is 2.46. The molecule has 0 aliphatic heterocycles. The average Bonchev–Trinajstić information content (AvgIpc) is 2.35. The predicted molar refractivity (Wildman–Crippen MR) is 60.0 cm³/mol. The summed E-state index contributed by atoms with van der Waals surface area (Å²) in [5, 5.41) is 4.25. The molecule has 4 nitrogen and oxygen atoms in total. The lowest BCUT2D eigenvalue weighted by Gasteiger charge is -2.05. The quantitative estimate of drug-likeness (QED) is 0.684. The van der Waals surface area contributed by atoms with Gasteiger partial charge >= 0.3 is 0 Å². The summed E-state index contributed by atoms with van der Waals surface area (Å²) in [4.78, 5) is 26.1. The van der Waals surface area contributed by atoms with Gasteiger partial charge in [-0.2, -0.15) is 0 Å². The van der Waals surface area contributed by atoms with E-state index in [0.29, 0.717) is 11.8 Å². The molecule has 1 heterocycles. The topological polar surface area (TPSA) is 59.1 Å². The summed E-state index contributed by atoms with van der Waals surface area (Å²) in [6, 6.07) is 1.68. The monoisotopic (exact) mass is 216 g/mol. The Labute approximate surface area is 92.7 Å². The van der Waals surface area contributed by atoms with Gasteiger partial charge in [0, 0.05) is 17.0 Å². The molecule has 0 radical (unpaired) electrons. The van der Waals surface area contributed by atoms with Gasteiger partial charge in [0.15, 0.2) is 0 Å². The normalized spacial score (nSPS) is 13.0. The second-order valence-corrected chi connectivity index (χ2v) is 3.52. The largest absolute Gasteiger partial charge is 0.345 e. The first-order valence-electron chi connectivity index (χ1n) is 5.20. The fourth-order valence-corrected chi connectivity index (χ4v) is 1.74. The van der Waals surface area contributed by atoms with Crippen LogP contribution >= 0.6 is 0 Å². The number of carbonyl (C=O) groups excluding carboxylic acids is 2. The Balaban J connectivity index is 2.43. The Morgan fingerprint density at radius 3 is 3.06 bits per heavy atom. The molecule has 4 heteroatoms. The predicted octanol–water partition coefficient (Wildman–Crippen LogP) is -0.635. The summed E-state index contributed by atoms with van der Waals surface area (Å²) in [5.74, 6) is -0.225. The van der Waals surface area contributed by atoms with E-state index in [1.54, 1.807) is 12.3 Å². The van der Waals surface area contributed by atoms with Crippen LogP contribution < -0.4 is 15.9 Å². The van der Waals surface area contributed by atoms with Crippen molar-refractivity contribution in [2.75, 3.05) is 6.54 Å². The first-order valence-corrected chi connectivity index (χ1v) is 5.20. The Kier molecular flexibility index (Phi) is 3.10. The summed E-state index contributed by atoms with van der Waals surface area (Å²) >= 11 is 0. The fraction of sp³-hybridized carbons (Fsp3) is 0.250. The maximum Gasteiger partial charge on any atom is 0.252 e. The number of carbonyl (C=O) groups is 2. The lowest BCUT2D eigenvalue weighted by molar-refractivity contribution is -0.107. The van der Waals surface area contributed by atoms with Gasteiger partial charge in [0.25, 0.3) is 5.91 Å². The zero-order valence-electron chi connectivity index (χ0n) is 8.77. The van der Waals surface area contributed by atoms with E-state index in [2.05, 4.69) is 10.3 Å². The van der Waals surface area contributed by atoms with Gasteiger partial charge in [-0.25, -0.2) is 0 Å². The van der Waals surface area contributed by atoms with Crippen LogP contribution in [0, 0.1) is 0 Å². The van der Waals surface area contributed by atoms with Crippen molar-refractivity contribution in [3.63, 3.8) is 0 Å². The van der Waals surface area contributed by atoms with Crippen molar-refractivity contribution < 1.29 is 9.59 Å². The van der Waals surface area contributed by atoms with Crippen molar-refractivity contribution in [3.8, 4) is 0 Å². The standard InChI is InChI=1S/C12H12N2O2/c15-8-7-14-12(16)10-5-6-13-11-4-2-1-3-9(10)11/h3-6,8H,1-2,7H2,(H,14,16). The lowest BCUT2D eigenvalue weighted by Crippen LogP contribution is -2.39. The summed E-state index contributed by atoms with van der Waals surface area (Å²) in [5.41, 5.74) is 0.586. The average molecular weight is 216 g/mol. The highest BCUT2D eigenvalue weighted by molar-refractivity contribution is 5.95. The van der Waals surface area contributed by atoms with Crippen LogP contribution in [0.25, 0.3) is 12.2 Å². The first kappa shape index (κ1) is 10.5. The number of pyridine rings is 1. The molecule has 0 aromatic carbocycles. The smallest absolute Gasteiger partial charge is 0.252 e. The van der Waals surface area contributed by atoms with Crippen LogP contribution in [0.3, 0.4) is 0 Å². The maximum atomic E-state index is 11.7. The van der Waals surface area contributed by atoms with E-state index in [-0.39, 0.29) is 12.5 Å². The molecule has 82 valence electrons. The van der Waals surface area contributed by atoms with Crippen molar-refractivity contribution in [2.24, 2.45) is 0 Å². The van der Waals surface area contributed by atoms with E-state index in [4.69, 9.17) is 0 Å². The lowest BCUT2D eigenvalue weighted by atomic mass is 10.1. The molecule has 1 N–H and O–H groups in total. The van der Waals surface area contributed by atoms with Crippen molar-refractivity contribution >= 4 is 24.3 Å². The molecule has 0 unspecified atom stereocenters. The molecule has 1 aliphatic carbocycles. The van der Waals surface area contributed by atoms with Crippen molar-refractivity contribution in [1.29, 1.82) is 0 Å². The van der Waals surface area contributed by atoms with E-state index < -0.39 is 0 Å². The number of rotatable bonds is 3. The third-order valence-corrected chi connectivity index (χ3v) is 2.46. The molecular weight excluding hydrogens is 204 g/mol. The Morgan fingerprint density at radius 2 is 2.25 bits per heavy atom. The Morgan fingerprint density at radius 1 is 1.44 bits per heavy atom. The van der Waals surface area contributed by atoms with E-state index >= 15 is 0 Å². The molecule has 1 aromatic rings. The van der Waals surface area contributed by atoms with E-state index in [1.165, 1.54) is 0 Å².